The van der Waals surface area contributed by atoms with Crippen molar-refractivity contribution in [1.29, 1.82) is 5.26 Å². The Balaban J connectivity index is 2.11. The summed E-state index contributed by atoms with van der Waals surface area (Å²) in [6.07, 6.45) is 2.47. The number of hydrogen-bond donors (Lipinski definition) is 1. The third kappa shape index (κ3) is 2.17. The highest BCUT2D eigenvalue weighted by Crippen LogP contribution is 2.30. The van der Waals surface area contributed by atoms with Crippen molar-refractivity contribution in [2.45, 2.75) is 25.3 Å². The molecule has 4 nitrogen and oxygen atoms in total. The predicted molar refractivity (Wildman–Crippen MR) is 63.0 cm³/mol. The molecule has 1 aromatic heterocycles. The van der Waals surface area contributed by atoms with Crippen molar-refractivity contribution in [3.8, 4) is 6.07 Å². The summed E-state index contributed by atoms with van der Waals surface area (Å²) in [5, 5.41) is 10.4. The molecule has 5 heteroatoms. The van der Waals surface area contributed by atoms with E-state index in [0.29, 0.717) is 29.6 Å². The Bertz CT molecular complexity index is 431. The Labute approximate surface area is 98.3 Å². The van der Waals surface area contributed by atoms with Crippen LogP contribution in [0.1, 0.15) is 28.9 Å². The molecular formula is C11H13N3OS. The molecule has 0 aliphatic heterocycles. The molecule has 0 atom stereocenters. The molecular weight excluding hydrogens is 222 g/mol. The molecule has 0 radical (unpaired) electrons. The first-order chi connectivity index (χ1) is 7.74. The van der Waals surface area contributed by atoms with Crippen molar-refractivity contribution < 1.29 is 4.79 Å². The van der Waals surface area contributed by atoms with Crippen molar-refractivity contribution in [1.82, 2.24) is 4.90 Å². The van der Waals surface area contributed by atoms with Gasteiger partial charge in [-0.1, -0.05) is 0 Å². The highest BCUT2D eigenvalue weighted by atomic mass is 32.1. The number of thiophene rings is 1. The lowest BCUT2D eigenvalue weighted by Gasteiger charge is -2.20. The van der Waals surface area contributed by atoms with Crippen LogP contribution in [0.4, 0.5) is 5.69 Å². The van der Waals surface area contributed by atoms with Gasteiger partial charge >= 0.3 is 0 Å². The maximum absolute atomic E-state index is 12.2. The lowest BCUT2D eigenvalue weighted by Crippen LogP contribution is -2.33. The second-order valence-electron chi connectivity index (χ2n) is 3.84. The smallest absolute Gasteiger partial charge is 0.266 e. The number of rotatable bonds is 4. The summed E-state index contributed by atoms with van der Waals surface area (Å²) in [7, 11) is 0. The number of carbonyl (C=O) groups is 1. The van der Waals surface area contributed by atoms with Crippen molar-refractivity contribution in [3.05, 3.63) is 16.3 Å². The molecule has 84 valence electrons. The van der Waals surface area contributed by atoms with Crippen molar-refractivity contribution in [2.24, 2.45) is 0 Å². The standard InChI is InChI=1S/C11H13N3OS/c12-5-1-6-14(8-2-3-8)11(15)10-9(13)4-7-16-10/h4,7-8H,1-3,6,13H2. The molecule has 1 amide bonds. The van der Waals surface area contributed by atoms with E-state index in [0.717, 1.165) is 12.8 Å². The van der Waals surface area contributed by atoms with E-state index in [-0.39, 0.29) is 5.91 Å². The molecule has 0 bridgehead atoms. The fourth-order valence-electron chi connectivity index (χ4n) is 1.63. The third-order valence-electron chi connectivity index (χ3n) is 2.60. The molecule has 1 aliphatic carbocycles. The van der Waals surface area contributed by atoms with Crippen LogP contribution in [0.3, 0.4) is 0 Å². The zero-order chi connectivity index (χ0) is 11.5. The summed E-state index contributed by atoms with van der Waals surface area (Å²) >= 11 is 1.37. The minimum atomic E-state index is -0.0229. The highest BCUT2D eigenvalue weighted by molar-refractivity contribution is 7.12. The van der Waals surface area contributed by atoms with Gasteiger partial charge < -0.3 is 10.6 Å². The van der Waals surface area contributed by atoms with Crippen LogP contribution in [0, 0.1) is 11.3 Å². The first-order valence-electron chi connectivity index (χ1n) is 5.25. The Morgan fingerprint density at radius 2 is 2.44 bits per heavy atom. The molecule has 1 aliphatic rings. The second-order valence-corrected chi connectivity index (χ2v) is 4.76. The molecule has 1 fully saturated rings. The maximum atomic E-state index is 12.2. The fraction of sp³-hybridized carbons (Fsp3) is 0.455. The number of nitrogens with zero attached hydrogens (tertiary/aromatic N) is 2. The zero-order valence-corrected chi connectivity index (χ0v) is 9.67. The van der Waals surface area contributed by atoms with Gasteiger partial charge in [0.05, 0.1) is 18.2 Å². The van der Waals surface area contributed by atoms with Gasteiger partial charge in [-0.15, -0.1) is 11.3 Å². The Morgan fingerprint density at radius 3 is 2.94 bits per heavy atom. The van der Waals surface area contributed by atoms with Crippen LogP contribution in [0.25, 0.3) is 0 Å². The average molecular weight is 235 g/mol. The number of carbonyl (C=O) groups excluding carboxylic acids is 1. The van der Waals surface area contributed by atoms with Gasteiger partial charge in [-0.2, -0.15) is 5.26 Å². The van der Waals surface area contributed by atoms with E-state index in [2.05, 4.69) is 6.07 Å². The number of amides is 1. The van der Waals surface area contributed by atoms with Crippen LogP contribution >= 0.6 is 11.3 Å². The topological polar surface area (TPSA) is 70.1 Å². The van der Waals surface area contributed by atoms with Gasteiger partial charge in [0.25, 0.3) is 5.91 Å². The Morgan fingerprint density at radius 1 is 1.69 bits per heavy atom. The summed E-state index contributed by atoms with van der Waals surface area (Å²) in [4.78, 5) is 14.5. The normalized spacial score (nSPS) is 14.4. The van der Waals surface area contributed by atoms with Crippen molar-refractivity contribution in [3.63, 3.8) is 0 Å². The molecule has 2 rings (SSSR count). The molecule has 1 aromatic rings. The van der Waals surface area contributed by atoms with Gasteiger partial charge in [0.1, 0.15) is 4.88 Å². The SMILES string of the molecule is N#CCCN(C(=O)c1sccc1N)C1CC1. The van der Waals surface area contributed by atoms with Crippen LogP contribution in [0.15, 0.2) is 11.4 Å². The largest absolute Gasteiger partial charge is 0.397 e. The minimum absolute atomic E-state index is 0.0229. The molecule has 0 saturated heterocycles. The number of nitrogens with two attached hydrogens (primary N) is 1. The van der Waals surface area contributed by atoms with Crippen molar-refractivity contribution in [2.75, 3.05) is 12.3 Å². The van der Waals surface area contributed by atoms with E-state index in [4.69, 9.17) is 11.0 Å². The predicted octanol–water partition coefficient (Wildman–Crippen LogP) is 1.85. The van der Waals surface area contributed by atoms with Gasteiger partial charge in [0, 0.05) is 12.6 Å². The van der Waals surface area contributed by atoms with Crippen LogP contribution in [0.2, 0.25) is 0 Å². The summed E-state index contributed by atoms with van der Waals surface area (Å²) in [5.74, 6) is -0.0229. The molecule has 0 spiro atoms. The highest BCUT2D eigenvalue weighted by Gasteiger charge is 2.33. The minimum Gasteiger partial charge on any atom is -0.397 e. The van der Waals surface area contributed by atoms with Crippen LogP contribution in [-0.2, 0) is 0 Å². The van der Waals surface area contributed by atoms with Gasteiger partial charge in [0.2, 0.25) is 0 Å². The summed E-state index contributed by atoms with van der Waals surface area (Å²) in [5.41, 5.74) is 6.27. The molecule has 0 unspecified atom stereocenters. The molecule has 1 saturated carbocycles. The summed E-state index contributed by atoms with van der Waals surface area (Å²) < 4.78 is 0. The number of nitriles is 1. The van der Waals surface area contributed by atoms with Gasteiger partial charge in [-0.25, -0.2) is 0 Å². The van der Waals surface area contributed by atoms with E-state index < -0.39 is 0 Å². The van der Waals surface area contributed by atoms with E-state index >= 15 is 0 Å². The Kier molecular flexibility index (Phi) is 3.11. The fourth-order valence-corrected chi connectivity index (χ4v) is 2.40. The lowest BCUT2D eigenvalue weighted by molar-refractivity contribution is 0.0752. The van der Waals surface area contributed by atoms with Crippen LogP contribution < -0.4 is 5.73 Å². The van der Waals surface area contributed by atoms with E-state index in [1.807, 2.05) is 5.38 Å². The number of nitrogen functional groups attached to an aromatic ring is 1. The quantitative estimate of drug-likeness (QED) is 0.865. The first kappa shape index (κ1) is 11.0. The third-order valence-corrected chi connectivity index (χ3v) is 3.52. The molecule has 0 aromatic carbocycles. The van der Waals surface area contributed by atoms with Crippen LogP contribution in [0.5, 0.6) is 0 Å². The molecule has 2 N–H and O–H groups in total. The summed E-state index contributed by atoms with van der Waals surface area (Å²) in [6, 6.07) is 4.14. The average Bonchev–Trinajstić information content (AvgIpc) is 3.01. The Hall–Kier alpha value is -1.54. The van der Waals surface area contributed by atoms with Crippen molar-refractivity contribution >= 4 is 22.9 Å². The van der Waals surface area contributed by atoms with Gasteiger partial charge in [0.15, 0.2) is 0 Å². The number of hydrogen-bond acceptors (Lipinski definition) is 4. The summed E-state index contributed by atoms with van der Waals surface area (Å²) in [6.45, 7) is 0.511. The van der Waals surface area contributed by atoms with Crippen LogP contribution in [-0.4, -0.2) is 23.4 Å². The zero-order valence-electron chi connectivity index (χ0n) is 8.85. The second kappa shape index (κ2) is 4.54. The van der Waals surface area contributed by atoms with Gasteiger partial charge in [-0.3, -0.25) is 4.79 Å². The van der Waals surface area contributed by atoms with E-state index in [9.17, 15) is 4.79 Å². The van der Waals surface area contributed by atoms with E-state index in [1.54, 1.807) is 11.0 Å². The van der Waals surface area contributed by atoms with E-state index in [1.165, 1.54) is 11.3 Å². The lowest BCUT2D eigenvalue weighted by atomic mass is 10.3. The first-order valence-corrected chi connectivity index (χ1v) is 6.13. The molecule has 16 heavy (non-hydrogen) atoms. The maximum Gasteiger partial charge on any atom is 0.266 e. The number of anilines is 1. The molecule has 1 heterocycles. The van der Waals surface area contributed by atoms with Gasteiger partial charge in [-0.05, 0) is 24.3 Å². The monoisotopic (exact) mass is 235 g/mol.